The molecule has 0 aliphatic carbocycles. The van der Waals surface area contributed by atoms with E-state index in [9.17, 15) is 19.7 Å². The van der Waals surface area contributed by atoms with Crippen molar-refractivity contribution in [1.82, 2.24) is 0 Å². The highest BCUT2D eigenvalue weighted by Gasteiger charge is 2.27. The molecule has 0 fully saturated rings. The van der Waals surface area contributed by atoms with Crippen LogP contribution in [0.1, 0.15) is 0 Å². The van der Waals surface area contributed by atoms with Gasteiger partial charge >= 0.3 is 11.9 Å². The van der Waals surface area contributed by atoms with E-state index in [0.717, 1.165) is 0 Å². The zero-order valence-corrected chi connectivity index (χ0v) is 13.0. The average molecular weight is 330 g/mol. The number of hydrogen-bond donors (Lipinski definition) is 0. The van der Waals surface area contributed by atoms with Gasteiger partial charge in [-0.3, -0.25) is 10.1 Å². The summed E-state index contributed by atoms with van der Waals surface area (Å²) in [4.78, 5) is 35.8. The Morgan fingerprint density at radius 1 is 1.04 bits per heavy atom. The Labute approximate surface area is 137 Å². The van der Waals surface area contributed by atoms with Crippen LogP contribution >= 0.6 is 0 Å². The summed E-state index contributed by atoms with van der Waals surface area (Å²) in [5, 5.41) is 10.8. The highest BCUT2D eigenvalue weighted by Crippen LogP contribution is 2.27. The third kappa shape index (κ3) is 3.32. The number of non-ortho nitro benzene ring substituents is 1. The zero-order chi connectivity index (χ0) is 17.7. The van der Waals surface area contributed by atoms with Gasteiger partial charge in [0.15, 0.2) is 0 Å². The highest BCUT2D eigenvalue weighted by molar-refractivity contribution is 6.05. The van der Waals surface area contributed by atoms with Gasteiger partial charge in [0.05, 0.1) is 24.7 Å². The molecule has 1 aromatic rings. The van der Waals surface area contributed by atoms with Crippen LogP contribution in [0.25, 0.3) is 0 Å². The molecule has 1 aromatic carbocycles. The number of nitrogens with zero attached hydrogens (tertiary/aromatic N) is 2. The molecule has 0 bridgehead atoms. The van der Waals surface area contributed by atoms with Crippen LogP contribution < -0.4 is 4.90 Å². The summed E-state index contributed by atoms with van der Waals surface area (Å²) in [7, 11) is 2.39. The lowest BCUT2D eigenvalue weighted by atomic mass is 10.1. The number of ether oxygens (including phenoxy) is 2. The molecule has 0 saturated heterocycles. The van der Waals surface area contributed by atoms with Crippen LogP contribution in [0.5, 0.6) is 0 Å². The predicted octanol–water partition coefficient (Wildman–Crippen LogP) is 2.08. The zero-order valence-electron chi connectivity index (χ0n) is 13.0. The van der Waals surface area contributed by atoms with Crippen molar-refractivity contribution in [2.45, 2.75) is 0 Å². The van der Waals surface area contributed by atoms with E-state index in [1.54, 1.807) is 18.4 Å². The van der Waals surface area contributed by atoms with Crippen LogP contribution in [0.2, 0.25) is 0 Å². The topological polar surface area (TPSA) is 99.0 Å². The van der Waals surface area contributed by atoms with Crippen molar-refractivity contribution >= 4 is 23.3 Å². The van der Waals surface area contributed by atoms with Crippen molar-refractivity contribution in [3.05, 3.63) is 70.1 Å². The fourth-order valence-corrected chi connectivity index (χ4v) is 2.10. The van der Waals surface area contributed by atoms with Gasteiger partial charge in [0.1, 0.15) is 5.70 Å². The number of rotatable bonds is 4. The monoisotopic (exact) mass is 330 g/mol. The fraction of sp³-hybridized carbons (Fsp3) is 0.125. The van der Waals surface area contributed by atoms with Gasteiger partial charge in [0, 0.05) is 24.0 Å². The summed E-state index contributed by atoms with van der Waals surface area (Å²) < 4.78 is 9.47. The Morgan fingerprint density at radius 2 is 1.67 bits per heavy atom. The van der Waals surface area contributed by atoms with Crippen LogP contribution in [0.15, 0.2) is 60.0 Å². The third-order valence-corrected chi connectivity index (χ3v) is 3.23. The molecule has 124 valence electrons. The molecule has 0 saturated carbocycles. The number of carbonyl (C=O) groups is 2. The van der Waals surface area contributed by atoms with Crippen molar-refractivity contribution < 1.29 is 24.0 Å². The maximum absolute atomic E-state index is 12.2. The summed E-state index contributed by atoms with van der Waals surface area (Å²) in [6.07, 6.45) is 6.15. The molecular formula is C16H14N2O6. The SMILES string of the molecule is COC(=O)C1=C(C(=O)OC)N(c2ccc([N+](=O)[O-])cc2)C=CC=C1. The van der Waals surface area contributed by atoms with E-state index in [4.69, 9.17) is 9.47 Å². The standard InChI is InChI=1S/C16H14N2O6/c1-23-15(19)13-5-3-4-10-17(14(13)16(20)24-2)11-6-8-12(9-7-11)18(21)22/h3-10H,1-2H3. The van der Waals surface area contributed by atoms with Crippen molar-refractivity contribution in [2.75, 3.05) is 19.1 Å². The lowest BCUT2D eigenvalue weighted by Gasteiger charge is -2.22. The Kier molecular flexibility index (Phi) is 5.10. The van der Waals surface area contributed by atoms with Crippen LogP contribution in [0.3, 0.4) is 0 Å². The van der Waals surface area contributed by atoms with Crippen molar-refractivity contribution in [1.29, 1.82) is 0 Å². The molecule has 8 nitrogen and oxygen atoms in total. The average Bonchev–Trinajstić information content (AvgIpc) is 2.83. The van der Waals surface area contributed by atoms with Gasteiger partial charge in [-0.2, -0.15) is 0 Å². The molecule has 0 spiro atoms. The molecule has 24 heavy (non-hydrogen) atoms. The number of nitro benzene ring substituents is 1. The maximum atomic E-state index is 12.2. The molecule has 0 radical (unpaired) electrons. The molecule has 0 aromatic heterocycles. The first-order valence-electron chi connectivity index (χ1n) is 6.79. The van der Waals surface area contributed by atoms with E-state index in [2.05, 4.69) is 0 Å². The smallest absolute Gasteiger partial charge is 0.355 e. The Hall–Kier alpha value is -3.42. The van der Waals surface area contributed by atoms with E-state index in [1.807, 2.05) is 0 Å². The molecule has 0 atom stereocenters. The van der Waals surface area contributed by atoms with Crippen LogP contribution in [-0.4, -0.2) is 31.1 Å². The number of anilines is 1. The Balaban J connectivity index is 2.58. The molecule has 8 heteroatoms. The van der Waals surface area contributed by atoms with Gasteiger partial charge in [-0.15, -0.1) is 0 Å². The first-order chi connectivity index (χ1) is 11.5. The minimum atomic E-state index is -0.745. The van der Waals surface area contributed by atoms with E-state index in [0.29, 0.717) is 5.69 Å². The Bertz CT molecular complexity index is 761. The van der Waals surface area contributed by atoms with Gasteiger partial charge in [-0.25, -0.2) is 9.59 Å². The number of methoxy groups -OCH3 is 2. The second-order valence-corrected chi connectivity index (χ2v) is 4.59. The van der Waals surface area contributed by atoms with Gasteiger partial charge in [-0.05, 0) is 24.3 Å². The van der Waals surface area contributed by atoms with Crippen molar-refractivity contribution in [3.63, 3.8) is 0 Å². The molecular weight excluding hydrogens is 316 g/mol. The van der Waals surface area contributed by atoms with E-state index in [1.165, 1.54) is 49.5 Å². The maximum Gasteiger partial charge on any atom is 0.355 e. The van der Waals surface area contributed by atoms with Gasteiger partial charge in [-0.1, -0.05) is 6.08 Å². The summed E-state index contributed by atoms with van der Waals surface area (Å²) in [6.45, 7) is 0. The summed E-state index contributed by atoms with van der Waals surface area (Å²) in [6, 6.07) is 5.53. The molecule has 0 amide bonds. The number of esters is 2. The number of benzene rings is 1. The minimum Gasteiger partial charge on any atom is -0.465 e. The normalized spacial score (nSPS) is 13.5. The van der Waals surface area contributed by atoms with Crippen molar-refractivity contribution in [3.8, 4) is 0 Å². The number of allylic oxidation sites excluding steroid dienone is 2. The van der Waals surface area contributed by atoms with Crippen LogP contribution in [0, 0.1) is 10.1 Å². The van der Waals surface area contributed by atoms with Crippen LogP contribution in [0.4, 0.5) is 11.4 Å². The minimum absolute atomic E-state index is 0.00713. The van der Waals surface area contributed by atoms with E-state index in [-0.39, 0.29) is 17.0 Å². The predicted molar refractivity (Wildman–Crippen MR) is 84.9 cm³/mol. The highest BCUT2D eigenvalue weighted by atomic mass is 16.6. The van der Waals surface area contributed by atoms with Crippen molar-refractivity contribution in [2.24, 2.45) is 0 Å². The van der Waals surface area contributed by atoms with Crippen LogP contribution in [-0.2, 0) is 19.1 Å². The largest absolute Gasteiger partial charge is 0.465 e. The van der Waals surface area contributed by atoms with Gasteiger partial charge in [0.25, 0.3) is 5.69 Å². The molecule has 0 N–H and O–H groups in total. The van der Waals surface area contributed by atoms with Gasteiger partial charge in [0.2, 0.25) is 0 Å². The number of hydrogen-bond acceptors (Lipinski definition) is 7. The summed E-state index contributed by atoms with van der Waals surface area (Å²) in [5.74, 6) is -1.45. The molecule has 2 rings (SSSR count). The Morgan fingerprint density at radius 3 is 2.21 bits per heavy atom. The third-order valence-electron chi connectivity index (χ3n) is 3.23. The van der Waals surface area contributed by atoms with E-state index < -0.39 is 16.9 Å². The first kappa shape index (κ1) is 16.9. The second-order valence-electron chi connectivity index (χ2n) is 4.59. The molecule has 1 heterocycles. The lowest BCUT2D eigenvalue weighted by Crippen LogP contribution is -2.26. The summed E-state index contributed by atoms with van der Waals surface area (Å²) >= 11 is 0. The molecule has 1 aliphatic heterocycles. The molecule has 1 aliphatic rings. The summed E-state index contributed by atoms with van der Waals surface area (Å²) in [5.41, 5.74) is 0.311. The first-order valence-corrected chi connectivity index (χ1v) is 6.79. The fourth-order valence-electron chi connectivity index (χ4n) is 2.10. The lowest BCUT2D eigenvalue weighted by molar-refractivity contribution is -0.384. The quantitative estimate of drug-likeness (QED) is 0.473. The second kappa shape index (κ2) is 7.23. The number of nitro groups is 1. The number of carbonyl (C=O) groups excluding carboxylic acids is 2. The molecule has 0 unspecified atom stereocenters. The van der Waals surface area contributed by atoms with Gasteiger partial charge < -0.3 is 14.4 Å². The van der Waals surface area contributed by atoms with E-state index >= 15 is 0 Å².